The highest BCUT2D eigenvalue weighted by Crippen LogP contribution is 2.16. The lowest BCUT2D eigenvalue weighted by Gasteiger charge is -2.09. The summed E-state index contributed by atoms with van der Waals surface area (Å²) >= 11 is 0. The second kappa shape index (κ2) is 6.91. The lowest BCUT2D eigenvalue weighted by atomic mass is 10.3. The first-order valence-electron chi connectivity index (χ1n) is 5.79. The molecule has 4 heteroatoms. The van der Waals surface area contributed by atoms with E-state index in [4.69, 9.17) is 4.74 Å². The number of methoxy groups -OCH3 is 1. The lowest BCUT2D eigenvalue weighted by molar-refractivity contribution is -0.116. The van der Waals surface area contributed by atoms with Gasteiger partial charge in [0.15, 0.2) is 0 Å². The van der Waals surface area contributed by atoms with Crippen LogP contribution in [-0.2, 0) is 4.79 Å². The van der Waals surface area contributed by atoms with E-state index in [9.17, 15) is 4.79 Å². The Labute approximate surface area is 102 Å². The van der Waals surface area contributed by atoms with Crippen LogP contribution in [0.2, 0.25) is 0 Å². The summed E-state index contributed by atoms with van der Waals surface area (Å²) in [6.07, 6.45) is 0.468. The molecule has 0 fully saturated rings. The minimum absolute atomic E-state index is 0.00593. The molecule has 0 aliphatic carbocycles. The summed E-state index contributed by atoms with van der Waals surface area (Å²) in [4.78, 5) is 11.6. The molecule has 0 radical (unpaired) electrons. The van der Waals surface area contributed by atoms with Crippen LogP contribution in [0.5, 0.6) is 5.75 Å². The van der Waals surface area contributed by atoms with Crippen LogP contribution < -0.4 is 15.4 Å². The smallest absolute Gasteiger partial charge is 0.225 e. The fourth-order valence-corrected chi connectivity index (χ4v) is 1.40. The van der Waals surface area contributed by atoms with Crippen molar-refractivity contribution in [1.82, 2.24) is 5.32 Å². The van der Waals surface area contributed by atoms with Gasteiger partial charge in [-0.2, -0.15) is 0 Å². The maximum Gasteiger partial charge on any atom is 0.225 e. The largest absolute Gasteiger partial charge is 0.497 e. The third-order valence-electron chi connectivity index (χ3n) is 2.26. The van der Waals surface area contributed by atoms with Gasteiger partial charge in [-0.15, -0.1) is 0 Å². The molecule has 0 unspecified atom stereocenters. The van der Waals surface area contributed by atoms with Gasteiger partial charge < -0.3 is 15.4 Å². The highest BCUT2D eigenvalue weighted by molar-refractivity contribution is 5.90. The molecule has 94 valence electrons. The fraction of sp³-hybridized carbons (Fsp3) is 0.462. The molecule has 2 N–H and O–H groups in total. The quantitative estimate of drug-likeness (QED) is 0.794. The maximum atomic E-state index is 11.6. The van der Waals surface area contributed by atoms with E-state index in [-0.39, 0.29) is 5.91 Å². The van der Waals surface area contributed by atoms with E-state index < -0.39 is 0 Å². The summed E-state index contributed by atoms with van der Waals surface area (Å²) < 4.78 is 5.09. The predicted octanol–water partition coefficient (Wildman–Crippen LogP) is 2.02. The highest BCUT2D eigenvalue weighted by Gasteiger charge is 2.03. The van der Waals surface area contributed by atoms with Crippen LogP contribution in [0.4, 0.5) is 5.69 Å². The number of carbonyl (C=O) groups is 1. The van der Waals surface area contributed by atoms with Crippen molar-refractivity contribution in [2.24, 2.45) is 0 Å². The zero-order chi connectivity index (χ0) is 12.7. The van der Waals surface area contributed by atoms with Crippen molar-refractivity contribution in [2.45, 2.75) is 26.3 Å². The van der Waals surface area contributed by atoms with Crippen molar-refractivity contribution in [1.29, 1.82) is 0 Å². The Kier molecular flexibility index (Phi) is 5.49. The number of rotatable bonds is 6. The molecule has 1 aromatic carbocycles. The van der Waals surface area contributed by atoms with Gasteiger partial charge in [0, 0.05) is 30.8 Å². The van der Waals surface area contributed by atoms with Crippen molar-refractivity contribution >= 4 is 11.6 Å². The molecular formula is C13H20N2O2. The molecule has 1 aromatic rings. The molecule has 0 aliphatic heterocycles. The first-order chi connectivity index (χ1) is 8.11. The van der Waals surface area contributed by atoms with Crippen molar-refractivity contribution in [2.75, 3.05) is 19.0 Å². The van der Waals surface area contributed by atoms with Crippen LogP contribution >= 0.6 is 0 Å². The van der Waals surface area contributed by atoms with Crippen LogP contribution in [0.25, 0.3) is 0 Å². The molecule has 0 heterocycles. The van der Waals surface area contributed by atoms with Gasteiger partial charge in [-0.25, -0.2) is 0 Å². The number of hydrogen-bond donors (Lipinski definition) is 2. The highest BCUT2D eigenvalue weighted by atomic mass is 16.5. The van der Waals surface area contributed by atoms with Gasteiger partial charge in [0.1, 0.15) is 5.75 Å². The number of ether oxygens (including phenoxy) is 1. The van der Waals surface area contributed by atoms with Crippen LogP contribution in [0.1, 0.15) is 20.3 Å². The fourth-order valence-electron chi connectivity index (χ4n) is 1.40. The molecule has 0 bridgehead atoms. The van der Waals surface area contributed by atoms with Crippen molar-refractivity contribution in [3.8, 4) is 5.75 Å². The summed E-state index contributed by atoms with van der Waals surface area (Å²) in [6, 6.07) is 7.74. The van der Waals surface area contributed by atoms with Gasteiger partial charge in [0.25, 0.3) is 0 Å². The molecule has 17 heavy (non-hydrogen) atoms. The van der Waals surface area contributed by atoms with Crippen LogP contribution in [0, 0.1) is 0 Å². The zero-order valence-corrected chi connectivity index (χ0v) is 10.6. The van der Waals surface area contributed by atoms with E-state index >= 15 is 0 Å². The van der Waals surface area contributed by atoms with E-state index in [2.05, 4.69) is 24.5 Å². The van der Waals surface area contributed by atoms with Gasteiger partial charge in [-0.1, -0.05) is 19.9 Å². The van der Waals surface area contributed by atoms with Gasteiger partial charge >= 0.3 is 0 Å². The Hall–Kier alpha value is -1.55. The molecular weight excluding hydrogens is 216 g/mol. The third kappa shape index (κ3) is 5.36. The maximum absolute atomic E-state index is 11.6. The Morgan fingerprint density at radius 1 is 1.41 bits per heavy atom. The third-order valence-corrected chi connectivity index (χ3v) is 2.26. The zero-order valence-electron chi connectivity index (χ0n) is 10.6. The summed E-state index contributed by atoms with van der Waals surface area (Å²) in [6.45, 7) is 4.80. The molecule has 0 aliphatic rings. The second-order valence-corrected chi connectivity index (χ2v) is 4.14. The van der Waals surface area contributed by atoms with Crippen LogP contribution in [0.15, 0.2) is 24.3 Å². The minimum atomic E-state index is 0.00593. The number of nitrogens with one attached hydrogen (secondary N) is 2. The average molecular weight is 236 g/mol. The second-order valence-electron chi connectivity index (χ2n) is 4.14. The monoisotopic (exact) mass is 236 g/mol. The molecule has 4 nitrogen and oxygen atoms in total. The van der Waals surface area contributed by atoms with Crippen LogP contribution in [0.3, 0.4) is 0 Å². The number of anilines is 1. The molecule has 0 saturated heterocycles. The molecule has 0 aromatic heterocycles. The average Bonchev–Trinajstić information content (AvgIpc) is 2.28. The van der Waals surface area contributed by atoms with Crippen LogP contribution in [-0.4, -0.2) is 25.6 Å². The van der Waals surface area contributed by atoms with E-state index in [0.29, 0.717) is 19.0 Å². The molecule has 0 saturated carbocycles. The van der Waals surface area contributed by atoms with Gasteiger partial charge in [-0.3, -0.25) is 4.79 Å². The van der Waals surface area contributed by atoms with Gasteiger partial charge in [0.2, 0.25) is 5.91 Å². The lowest BCUT2D eigenvalue weighted by Crippen LogP contribution is -2.27. The Balaban J connectivity index is 2.39. The van der Waals surface area contributed by atoms with Crippen molar-refractivity contribution in [3.63, 3.8) is 0 Å². The van der Waals surface area contributed by atoms with E-state index in [0.717, 1.165) is 11.4 Å². The number of hydrogen-bond acceptors (Lipinski definition) is 3. The number of amides is 1. The van der Waals surface area contributed by atoms with E-state index in [1.54, 1.807) is 13.2 Å². The minimum Gasteiger partial charge on any atom is -0.497 e. The Bertz CT molecular complexity index is 364. The van der Waals surface area contributed by atoms with Gasteiger partial charge in [-0.05, 0) is 12.1 Å². The predicted molar refractivity (Wildman–Crippen MR) is 69.4 cm³/mol. The Morgan fingerprint density at radius 2 is 2.18 bits per heavy atom. The number of carbonyl (C=O) groups excluding carboxylic acids is 1. The van der Waals surface area contributed by atoms with E-state index in [1.165, 1.54) is 0 Å². The standard InChI is InChI=1S/C13H20N2O2/c1-10(2)14-8-7-13(16)15-11-5-4-6-12(9-11)17-3/h4-6,9-10,14H,7-8H2,1-3H3,(H,15,16). The molecule has 1 amide bonds. The van der Waals surface area contributed by atoms with Crippen molar-refractivity contribution < 1.29 is 9.53 Å². The summed E-state index contributed by atoms with van der Waals surface area (Å²) in [5.74, 6) is 0.745. The molecule has 1 rings (SSSR count). The SMILES string of the molecule is COc1cccc(NC(=O)CCNC(C)C)c1. The first kappa shape index (κ1) is 13.5. The summed E-state index contributed by atoms with van der Waals surface area (Å²) in [7, 11) is 1.60. The topological polar surface area (TPSA) is 50.4 Å². The summed E-state index contributed by atoms with van der Waals surface area (Å²) in [5, 5.41) is 6.03. The molecule has 0 atom stereocenters. The van der Waals surface area contributed by atoms with Gasteiger partial charge in [0.05, 0.1) is 7.11 Å². The Morgan fingerprint density at radius 3 is 2.82 bits per heavy atom. The normalized spacial score (nSPS) is 10.4. The van der Waals surface area contributed by atoms with E-state index in [1.807, 2.05) is 18.2 Å². The van der Waals surface area contributed by atoms with Crippen molar-refractivity contribution in [3.05, 3.63) is 24.3 Å². The molecule has 0 spiro atoms. The number of benzene rings is 1. The first-order valence-corrected chi connectivity index (χ1v) is 5.79. The summed E-state index contributed by atoms with van der Waals surface area (Å²) in [5.41, 5.74) is 0.763.